The van der Waals surface area contributed by atoms with E-state index in [1.165, 1.54) is 34.9 Å². The highest BCUT2D eigenvalue weighted by Crippen LogP contribution is 2.35. The normalized spacial score (nSPS) is 20.2. The summed E-state index contributed by atoms with van der Waals surface area (Å²) in [6.07, 6.45) is -0.0236. The van der Waals surface area contributed by atoms with Crippen LogP contribution in [0.1, 0.15) is 39.7 Å². The molecule has 3 rings (SSSR count). The quantitative estimate of drug-likeness (QED) is 0.479. The molecule has 39 heavy (non-hydrogen) atoms. The number of sulfonamides is 2. The first-order valence-corrected chi connectivity index (χ1v) is 15.7. The number of rotatable bonds is 8. The summed E-state index contributed by atoms with van der Waals surface area (Å²) in [5, 5.41) is 9.84. The summed E-state index contributed by atoms with van der Waals surface area (Å²) >= 11 is 0. The van der Waals surface area contributed by atoms with Gasteiger partial charge in [0.2, 0.25) is 20.0 Å². The summed E-state index contributed by atoms with van der Waals surface area (Å²) in [5.41, 5.74) is 0.591. The van der Waals surface area contributed by atoms with Crippen molar-refractivity contribution in [3.05, 3.63) is 48.0 Å². The highest BCUT2D eigenvalue weighted by molar-refractivity contribution is 7.89. The van der Waals surface area contributed by atoms with Crippen molar-refractivity contribution in [2.24, 2.45) is 11.8 Å². The van der Waals surface area contributed by atoms with Crippen LogP contribution in [-0.2, 0) is 20.0 Å². The monoisotopic (exact) mass is 578 g/mol. The Morgan fingerprint density at radius 1 is 1.21 bits per heavy atom. The van der Waals surface area contributed by atoms with E-state index < -0.39 is 38.1 Å². The molecule has 11 heteroatoms. The van der Waals surface area contributed by atoms with Crippen LogP contribution >= 0.6 is 0 Å². The number of aliphatic hydroxyl groups excluding tert-OH is 1. The van der Waals surface area contributed by atoms with Crippen molar-refractivity contribution in [3.63, 3.8) is 0 Å². The Labute approximate surface area is 232 Å². The Morgan fingerprint density at radius 3 is 2.54 bits per heavy atom. The molecule has 1 heterocycles. The van der Waals surface area contributed by atoms with E-state index in [0.29, 0.717) is 17.9 Å². The Balaban J connectivity index is 2.06. The molecule has 0 spiro atoms. The Bertz CT molecular complexity index is 1430. The van der Waals surface area contributed by atoms with E-state index in [0.717, 1.165) is 0 Å². The molecule has 0 fully saturated rings. The van der Waals surface area contributed by atoms with Gasteiger partial charge in [-0.1, -0.05) is 44.7 Å². The summed E-state index contributed by atoms with van der Waals surface area (Å²) in [6, 6.07) is 10.3. The minimum Gasteiger partial charge on any atom is -0.495 e. The van der Waals surface area contributed by atoms with E-state index in [1.807, 2.05) is 0 Å². The number of fused-ring (bicyclic) bond motifs is 1. The number of likely N-dealkylation sites (N-methyl/N-ethyl adjacent to an activating group) is 1. The van der Waals surface area contributed by atoms with Gasteiger partial charge in [0.15, 0.2) is 0 Å². The fourth-order valence-electron chi connectivity index (χ4n) is 4.23. The molecule has 9 nitrogen and oxygen atoms in total. The molecule has 0 aromatic heterocycles. The number of methoxy groups -OCH3 is 1. The summed E-state index contributed by atoms with van der Waals surface area (Å²) in [5.74, 6) is 6.44. The van der Waals surface area contributed by atoms with Crippen LogP contribution < -0.4 is 9.47 Å². The van der Waals surface area contributed by atoms with Crippen LogP contribution in [0.25, 0.3) is 0 Å². The Morgan fingerprint density at radius 2 is 1.90 bits per heavy atom. The summed E-state index contributed by atoms with van der Waals surface area (Å²) in [7, 11) is -5.11. The average molecular weight is 579 g/mol. The van der Waals surface area contributed by atoms with Crippen LogP contribution in [0.15, 0.2) is 52.3 Å². The van der Waals surface area contributed by atoms with Gasteiger partial charge in [0.1, 0.15) is 27.4 Å². The zero-order valence-electron chi connectivity index (χ0n) is 23.3. The zero-order chi connectivity index (χ0) is 29.0. The van der Waals surface area contributed by atoms with Crippen LogP contribution in [0.4, 0.5) is 0 Å². The highest BCUT2D eigenvalue weighted by atomic mass is 32.2. The maximum Gasteiger partial charge on any atom is 0.247 e. The van der Waals surface area contributed by atoms with Gasteiger partial charge in [-0.05, 0) is 43.2 Å². The molecule has 0 amide bonds. The molecular weight excluding hydrogens is 540 g/mol. The second kappa shape index (κ2) is 12.7. The zero-order valence-corrected chi connectivity index (χ0v) is 24.9. The number of para-hydroxylation sites is 1. The van der Waals surface area contributed by atoms with Crippen molar-refractivity contribution in [1.82, 2.24) is 8.61 Å². The molecule has 214 valence electrons. The minimum absolute atomic E-state index is 0.0229. The topological polar surface area (TPSA) is 113 Å². The molecule has 0 bridgehead atoms. The van der Waals surface area contributed by atoms with Crippen molar-refractivity contribution in [2.75, 3.05) is 33.9 Å². The largest absolute Gasteiger partial charge is 0.495 e. The summed E-state index contributed by atoms with van der Waals surface area (Å²) in [6.45, 7) is 7.17. The summed E-state index contributed by atoms with van der Waals surface area (Å²) in [4.78, 5) is -0.0286. The molecule has 0 saturated carbocycles. The lowest BCUT2D eigenvalue weighted by Crippen LogP contribution is -2.50. The van der Waals surface area contributed by atoms with E-state index in [4.69, 9.17) is 9.47 Å². The molecule has 3 atom stereocenters. The van der Waals surface area contributed by atoms with E-state index in [9.17, 15) is 21.9 Å². The van der Waals surface area contributed by atoms with Crippen molar-refractivity contribution in [1.29, 1.82) is 0 Å². The molecule has 1 aliphatic heterocycles. The molecule has 2 aromatic rings. The first kappa shape index (κ1) is 30.9. The number of hydrogen-bond acceptors (Lipinski definition) is 7. The molecular formula is C28H38N2O7S2. The molecule has 1 aliphatic rings. The van der Waals surface area contributed by atoms with Gasteiger partial charge in [-0.25, -0.2) is 16.8 Å². The van der Waals surface area contributed by atoms with Crippen molar-refractivity contribution in [3.8, 4) is 23.3 Å². The third kappa shape index (κ3) is 6.94. The number of aliphatic hydroxyl groups is 1. The van der Waals surface area contributed by atoms with E-state index >= 15 is 0 Å². The lowest BCUT2D eigenvalue weighted by Gasteiger charge is -2.37. The third-order valence-corrected chi connectivity index (χ3v) is 10.5. The lowest BCUT2D eigenvalue weighted by atomic mass is 10.0. The Hall–Kier alpha value is -2.62. The van der Waals surface area contributed by atoms with Crippen LogP contribution in [-0.4, -0.2) is 76.6 Å². The number of ether oxygens (including phenoxy) is 2. The first-order chi connectivity index (χ1) is 18.3. The van der Waals surface area contributed by atoms with Crippen molar-refractivity contribution >= 4 is 20.0 Å². The number of nitrogens with zero attached hydrogens (tertiary/aromatic N) is 2. The van der Waals surface area contributed by atoms with Gasteiger partial charge in [0.05, 0.1) is 20.3 Å². The van der Waals surface area contributed by atoms with Gasteiger partial charge in [-0.15, -0.1) is 0 Å². The minimum atomic E-state index is -4.02. The van der Waals surface area contributed by atoms with Gasteiger partial charge in [-0.3, -0.25) is 0 Å². The van der Waals surface area contributed by atoms with E-state index in [2.05, 4.69) is 25.7 Å². The number of hydrogen-bond donors (Lipinski definition) is 1. The Kier molecular flexibility index (Phi) is 10.1. The fraction of sp³-hybridized carbons (Fsp3) is 0.500. The average Bonchev–Trinajstić information content (AvgIpc) is 2.89. The van der Waals surface area contributed by atoms with Gasteiger partial charge < -0.3 is 14.6 Å². The van der Waals surface area contributed by atoms with Crippen LogP contribution in [0.3, 0.4) is 0 Å². The second-order valence-corrected chi connectivity index (χ2v) is 14.1. The molecule has 0 aliphatic carbocycles. The predicted molar refractivity (Wildman–Crippen MR) is 150 cm³/mol. The van der Waals surface area contributed by atoms with E-state index in [-0.39, 0.29) is 41.0 Å². The van der Waals surface area contributed by atoms with E-state index in [1.54, 1.807) is 44.2 Å². The fourth-order valence-corrected chi connectivity index (χ4v) is 7.39. The van der Waals surface area contributed by atoms with Crippen LogP contribution in [0.2, 0.25) is 0 Å². The van der Waals surface area contributed by atoms with Gasteiger partial charge >= 0.3 is 0 Å². The predicted octanol–water partition coefficient (Wildman–Crippen LogP) is 3.18. The van der Waals surface area contributed by atoms with Gasteiger partial charge in [-0.2, -0.15) is 8.61 Å². The molecule has 1 N–H and O–H groups in total. The number of benzene rings is 2. The SMILES string of the molecule is COc1ccccc1S(=O)(=O)N(C)C[C@H]1Oc2cc(C#CCC(C)C)ccc2S(=O)(=O)N([C@H](C)CO)C[C@@H]1C. The molecule has 2 aromatic carbocycles. The van der Waals surface area contributed by atoms with Crippen LogP contribution in [0.5, 0.6) is 11.5 Å². The van der Waals surface area contributed by atoms with Crippen molar-refractivity contribution < 1.29 is 31.4 Å². The van der Waals surface area contributed by atoms with Gasteiger partial charge in [0, 0.05) is 37.5 Å². The lowest BCUT2D eigenvalue weighted by molar-refractivity contribution is 0.0904. The maximum atomic E-state index is 13.7. The highest BCUT2D eigenvalue weighted by Gasteiger charge is 2.39. The van der Waals surface area contributed by atoms with Crippen molar-refractivity contribution in [2.45, 2.75) is 56.1 Å². The second-order valence-electron chi connectivity index (χ2n) is 10.2. The smallest absolute Gasteiger partial charge is 0.247 e. The van der Waals surface area contributed by atoms with Gasteiger partial charge in [0.25, 0.3) is 0 Å². The standard InChI is InChI=1S/C28H38N2O7S2/c1-20(2)10-9-11-23-14-15-28-25(16-23)37-26(21(3)17-30(22(4)19-31)39(28,34)35)18-29(5)38(32,33)27-13-8-7-12-24(27)36-6/h7-8,12-16,20-22,26,31H,10,17-19H2,1-6H3/t21-,22+,26+/m0/s1. The van der Waals surface area contributed by atoms with Crippen LogP contribution in [0, 0.1) is 23.7 Å². The third-order valence-electron chi connectivity index (χ3n) is 6.60. The first-order valence-electron chi connectivity index (χ1n) is 12.8. The summed E-state index contributed by atoms with van der Waals surface area (Å²) < 4.78 is 68.3. The molecule has 0 unspecified atom stereocenters. The molecule has 0 radical (unpaired) electrons. The molecule has 0 saturated heterocycles. The maximum absolute atomic E-state index is 13.7.